The van der Waals surface area contributed by atoms with Crippen molar-refractivity contribution in [1.82, 2.24) is 0 Å². The molecule has 2 aromatic carbocycles. The Hall–Kier alpha value is -3.83. The number of non-ortho nitro benzene ring substituents is 1. The summed E-state index contributed by atoms with van der Waals surface area (Å²) in [6.07, 6.45) is -2.47. The van der Waals surface area contributed by atoms with Gasteiger partial charge in [-0.15, -0.1) is 0 Å². The molecule has 0 amide bonds. The van der Waals surface area contributed by atoms with Gasteiger partial charge in [-0.2, -0.15) is 13.2 Å². The summed E-state index contributed by atoms with van der Waals surface area (Å²) < 4.78 is 37.6. The Bertz CT molecular complexity index is 919. The molecule has 0 fully saturated rings. The first-order valence-electron chi connectivity index (χ1n) is 6.97. The van der Waals surface area contributed by atoms with Gasteiger partial charge in [0.1, 0.15) is 5.56 Å². The molecule has 0 heterocycles. The number of hydrogen-bond donors (Lipinski definition) is 0. The van der Waals surface area contributed by atoms with Crippen molar-refractivity contribution >= 4 is 29.2 Å². The van der Waals surface area contributed by atoms with Crippen LogP contribution >= 0.6 is 0 Å². The average Bonchev–Trinajstić information content (AvgIpc) is 2.58. The van der Waals surface area contributed by atoms with Crippen molar-refractivity contribution in [3.05, 3.63) is 83.4 Å². The average molecular weight is 383 g/mol. The van der Waals surface area contributed by atoms with Crippen LogP contribution in [-0.2, 0) is 6.18 Å². The van der Waals surface area contributed by atoms with Gasteiger partial charge < -0.3 is 0 Å². The van der Waals surface area contributed by atoms with Gasteiger partial charge in [-0.1, -0.05) is 18.2 Å². The summed E-state index contributed by atoms with van der Waals surface area (Å²) in [7, 11) is 0. The van der Waals surface area contributed by atoms with Crippen LogP contribution in [0.25, 0.3) is 12.2 Å². The first kappa shape index (κ1) is 19.5. The van der Waals surface area contributed by atoms with E-state index >= 15 is 0 Å². The van der Waals surface area contributed by atoms with Gasteiger partial charge in [-0.3, -0.25) is 30.3 Å². The zero-order valence-electron chi connectivity index (χ0n) is 13.0. The van der Waals surface area contributed by atoms with Crippen molar-refractivity contribution in [3.8, 4) is 0 Å². The number of nitrogens with zero attached hydrogens (tertiary/aromatic N) is 3. The molecule has 12 heteroatoms. The van der Waals surface area contributed by atoms with Crippen molar-refractivity contribution in [2.45, 2.75) is 6.18 Å². The molecule has 2 aromatic rings. The quantitative estimate of drug-likeness (QED) is 0.421. The highest BCUT2D eigenvalue weighted by atomic mass is 19.4. The van der Waals surface area contributed by atoms with Gasteiger partial charge in [-0.25, -0.2) is 0 Å². The van der Waals surface area contributed by atoms with Gasteiger partial charge in [0.2, 0.25) is 0 Å². The lowest BCUT2D eigenvalue weighted by Gasteiger charge is -2.06. The summed E-state index contributed by atoms with van der Waals surface area (Å²) >= 11 is 0. The molecule has 0 unspecified atom stereocenters. The fraction of sp³-hybridized carbons (Fsp3) is 0.0667. The molecule has 2 rings (SSSR count). The van der Waals surface area contributed by atoms with Gasteiger partial charge in [0, 0.05) is 0 Å². The summed E-state index contributed by atoms with van der Waals surface area (Å²) in [6, 6.07) is 4.83. The maximum Gasteiger partial charge on any atom is 0.416 e. The molecule has 9 nitrogen and oxygen atoms in total. The summed E-state index contributed by atoms with van der Waals surface area (Å²) in [5, 5.41) is 33.1. The summed E-state index contributed by atoms with van der Waals surface area (Å²) in [6.45, 7) is 0. The minimum Gasteiger partial charge on any atom is -0.258 e. The number of hydrogen-bond acceptors (Lipinski definition) is 6. The molecule has 0 aliphatic heterocycles. The van der Waals surface area contributed by atoms with Crippen molar-refractivity contribution in [3.63, 3.8) is 0 Å². The van der Waals surface area contributed by atoms with E-state index in [1.807, 2.05) is 0 Å². The Kier molecular flexibility index (Phi) is 5.19. The lowest BCUT2D eigenvalue weighted by Crippen LogP contribution is -2.04. The normalized spacial score (nSPS) is 11.5. The molecule has 0 bridgehead atoms. The minimum absolute atomic E-state index is 0.185. The lowest BCUT2D eigenvalue weighted by molar-refractivity contribution is -0.403. The monoisotopic (exact) mass is 383 g/mol. The van der Waals surface area contributed by atoms with Crippen molar-refractivity contribution in [1.29, 1.82) is 0 Å². The van der Waals surface area contributed by atoms with Crippen LogP contribution < -0.4 is 0 Å². The molecule has 0 saturated heterocycles. The van der Waals surface area contributed by atoms with Crippen LogP contribution in [-0.4, -0.2) is 14.8 Å². The fourth-order valence-corrected chi connectivity index (χ4v) is 2.15. The predicted octanol–water partition coefficient (Wildman–Crippen LogP) is 4.60. The molecule has 0 spiro atoms. The smallest absolute Gasteiger partial charge is 0.258 e. The van der Waals surface area contributed by atoms with Crippen molar-refractivity contribution in [2.75, 3.05) is 0 Å². The summed E-state index contributed by atoms with van der Waals surface area (Å²) in [4.78, 5) is 30.0. The molecule has 0 aromatic heterocycles. The molecule has 0 aliphatic rings. The first-order chi connectivity index (χ1) is 12.5. The van der Waals surface area contributed by atoms with E-state index in [1.165, 1.54) is 0 Å². The molecular weight excluding hydrogens is 375 g/mol. The first-order valence-corrected chi connectivity index (χ1v) is 6.97. The van der Waals surface area contributed by atoms with Crippen LogP contribution in [0.3, 0.4) is 0 Å². The van der Waals surface area contributed by atoms with Crippen LogP contribution in [0.15, 0.2) is 36.4 Å². The van der Waals surface area contributed by atoms with E-state index in [9.17, 15) is 43.5 Å². The molecule has 0 atom stereocenters. The molecule has 0 N–H and O–H groups in total. The minimum atomic E-state index is -4.54. The number of rotatable bonds is 5. The number of alkyl halides is 3. The molecule has 0 saturated carbocycles. The predicted molar refractivity (Wildman–Crippen MR) is 86.8 cm³/mol. The van der Waals surface area contributed by atoms with Crippen LogP contribution in [0.2, 0.25) is 0 Å². The zero-order valence-corrected chi connectivity index (χ0v) is 13.0. The highest BCUT2D eigenvalue weighted by Gasteiger charge is 2.30. The maximum absolute atomic E-state index is 12.5. The van der Waals surface area contributed by atoms with Crippen molar-refractivity contribution in [2.24, 2.45) is 0 Å². The topological polar surface area (TPSA) is 129 Å². The second-order valence-corrected chi connectivity index (χ2v) is 5.12. The van der Waals surface area contributed by atoms with Gasteiger partial charge in [0.15, 0.2) is 0 Å². The standard InChI is InChI=1S/C15H8F3N3O6/c16-15(17,18)10-4-1-9(2-5-10)3-6-12-13(20(24)25)7-11(19(22)23)8-14(12)21(26)27/h1-8H. The Morgan fingerprint density at radius 3 is 1.63 bits per heavy atom. The molecule has 0 radical (unpaired) electrons. The third-order valence-corrected chi connectivity index (χ3v) is 3.41. The van der Waals surface area contributed by atoms with Crippen LogP contribution in [0.5, 0.6) is 0 Å². The summed E-state index contributed by atoms with van der Waals surface area (Å²) in [5.41, 5.74) is -3.83. The third kappa shape index (κ3) is 4.42. The van der Waals surface area contributed by atoms with Gasteiger partial charge in [-0.05, 0) is 23.8 Å². The van der Waals surface area contributed by atoms with Gasteiger partial charge in [0.05, 0.1) is 32.5 Å². The third-order valence-electron chi connectivity index (χ3n) is 3.41. The lowest BCUT2D eigenvalue weighted by atomic mass is 10.1. The van der Waals surface area contributed by atoms with E-state index in [1.54, 1.807) is 0 Å². The van der Waals surface area contributed by atoms with Gasteiger partial charge in [0.25, 0.3) is 17.1 Å². The molecule has 27 heavy (non-hydrogen) atoms. The zero-order chi connectivity index (χ0) is 20.4. The van der Waals surface area contributed by atoms with E-state index in [4.69, 9.17) is 0 Å². The van der Waals surface area contributed by atoms with E-state index in [0.717, 1.165) is 36.4 Å². The Labute approximate surface area is 147 Å². The van der Waals surface area contributed by atoms with E-state index in [-0.39, 0.29) is 5.56 Å². The highest BCUT2D eigenvalue weighted by Crippen LogP contribution is 2.35. The number of nitro groups is 3. The molecule has 0 aliphatic carbocycles. The second-order valence-electron chi connectivity index (χ2n) is 5.12. The van der Waals surface area contributed by atoms with E-state index in [0.29, 0.717) is 12.1 Å². The van der Waals surface area contributed by atoms with Crippen LogP contribution in [0.4, 0.5) is 30.2 Å². The Morgan fingerprint density at radius 2 is 1.26 bits per heavy atom. The number of nitro benzene ring substituents is 3. The van der Waals surface area contributed by atoms with Crippen LogP contribution in [0, 0.1) is 30.3 Å². The number of halogens is 3. The molecule has 140 valence electrons. The second kappa shape index (κ2) is 7.19. The highest BCUT2D eigenvalue weighted by molar-refractivity contribution is 5.81. The summed E-state index contributed by atoms with van der Waals surface area (Å²) in [5.74, 6) is 0. The maximum atomic E-state index is 12.5. The van der Waals surface area contributed by atoms with Crippen molar-refractivity contribution < 1.29 is 27.9 Å². The van der Waals surface area contributed by atoms with E-state index < -0.39 is 49.1 Å². The Morgan fingerprint density at radius 1 is 0.778 bits per heavy atom. The molecular formula is C15H8F3N3O6. The van der Waals surface area contributed by atoms with Crippen LogP contribution in [0.1, 0.15) is 16.7 Å². The SMILES string of the molecule is O=[N+]([O-])c1cc([N+](=O)[O-])c(C=Cc2ccc(C(F)(F)F)cc2)c([N+](=O)[O-])c1. The number of benzene rings is 2. The largest absolute Gasteiger partial charge is 0.416 e. The van der Waals surface area contributed by atoms with E-state index in [2.05, 4.69) is 0 Å². The fourth-order valence-electron chi connectivity index (χ4n) is 2.15. The Balaban J connectivity index is 2.53. The van der Waals surface area contributed by atoms with Gasteiger partial charge >= 0.3 is 6.18 Å².